The Kier molecular flexibility index (Phi) is 5.24. The maximum atomic E-state index is 12.5. The number of ether oxygens (including phenoxy) is 1. The summed E-state index contributed by atoms with van der Waals surface area (Å²) >= 11 is 6.64. The van der Waals surface area contributed by atoms with Crippen LogP contribution in [0.15, 0.2) is 29.1 Å². The number of H-pyrrole nitrogens is 1. The van der Waals surface area contributed by atoms with Gasteiger partial charge in [0.1, 0.15) is 15.6 Å². The number of piperidine rings is 1. The number of halogens is 4. The van der Waals surface area contributed by atoms with Crippen molar-refractivity contribution in [3.63, 3.8) is 0 Å². The average molecular weight is 423 g/mol. The largest absolute Gasteiger partial charge is 0.573 e. The maximum absolute atomic E-state index is 12.5. The second-order valence-corrected chi connectivity index (χ2v) is 7.27. The molecule has 146 valence electrons. The van der Waals surface area contributed by atoms with Gasteiger partial charge in [0, 0.05) is 13.1 Å². The molecule has 3 rings (SSSR count). The number of aromatic nitrogens is 1. The van der Waals surface area contributed by atoms with Gasteiger partial charge in [-0.2, -0.15) is 0 Å². The molecular formula is C16H14ClF3N2O4S. The number of hydrogen-bond acceptors (Lipinski definition) is 5. The molecule has 0 aliphatic carbocycles. The highest BCUT2D eigenvalue weighted by atomic mass is 35.5. The van der Waals surface area contributed by atoms with E-state index >= 15 is 0 Å². The van der Waals surface area contributed by atoms with E-state index in [0.29, 0.717) is 0 Å². The van der Waals surface area contributed by atoms with Crippen molar-refractivity contribution in [2.75, 3.05) is 13.1 Å². The molecule has 1 saturated heterocycles. The van der Waals surface area contributed by atoms with E-state index in [4.69, 9.17) is 11.6 Å². The summed E-state index contributed by atoms with van der Waals surface area (Å²) in [6.45, 7) is 0.310. The molecule has 1 fully saturated rings. The van der Waals surface area contributed by atoms with Crippen molar-refractivity contribution in [3.8, 4) is 5.75 Å². The first-order chi connectivity index (χ1) is 12.6. The summed E-state index contributed by atoms with van der Waals surface area (Å²) in [4.78, 5) is 25.4. The molecule has 1 aliphatic rings. The van der Waals surface area contributed by atoms with Gasteiger partial charge >= 0.3 is 6.36 Å². The summed E-state index contributed by atoms with van der Waals surface area (Å²) in [5.41, 5.74) is -1.66. The van der Waals surface area contributed by atoms with Gasteiger partial charge in [-0.1, -0.05) is 35.3 Å². The van der Waals surface area contributed by atoms with E-state index in [-0.39, 0.29) is 41.4 Å². The van der Waals surface area contributed by atoms with Gasteiger partial charge < -0.3 is 14.7 Å². The number of carbonyl (C=O) groups is 1. The van der Waals surface area contributed by atoms with Gasteiger partial charge in [-0.3, -0.25) is 14.0 Å². The molecule has 6 nitrogen and oxygen atoms in total. The summed E-state index contributed by atoms with van der Waals surface area (Å²) in [5, 5.41) is 10.7. The number of aliphatic hydroxyl groups is 1. The Morgan fingerprint density at radius 2 is 2.00 bits per heavy atom. The highest BCUT2D eigenvalue weighted by Gasteiger charge is 2.37. The molecular weight excluding hydrogens is 409 g/mol. The lowest BCUT2D eigenvalue weighted by Crippen LogP contribution is -2.45. The summed E-state index contributed by atoms with van der Waals surface area (Å²) < 4.78 is 43.4. The first kappa shape index (κ1) is 19.7. The van der Waals surface area contributed by atoms with Crippen LogP contribution in [0.4, 0.5) is 13.2 Å². The lowest BCUT2D eigenvalue weighted by atomic mass is 9.84. The summed E-state index contributed by atoms with van der Waals surface area (Å²) in [5.74, 6) is -0.852. The van der Waals surface area contributed by atoms with Crippen LogP contribution in [0.2, 0.25) is 5.02 Å². The molecule has 11 heteroatoms. The Balaban J connectivity index is 1.72. The van der Waals surface area contributed by atoms with Crippen LogP contribution in [0.25, 0.3) is 0 Å². The quantitative estimate of drug-likeness (QED) is 0.796. The highest BCUT2D eigenvalue weighted by molar-refractivity contribution is 7.08. The molecule has 2 aromatic rings. The monoisotopic (exact) mass is 422 g/mol. The fourth-order valence-corrected chi connectivity index (χ4v) is 3.92. The third kappa shape index (κ3) is 4.28. The molecule has 0 saturated carbocycles. The molecule has 1 aliphatic heterocycles. The van der Waals surface area contributed by atoms with E-state index in [9.17, 15) is 27.9 Å². The van der Waals surface area contributed by atoms with Crippen LogP contribution in [0, 0.1) is 0 Å². The van der Waals surface area contributed by atoms with Gasteiger partial charge in [0.05, 0.1) is 5.60 Å². The highest BCUT2D eigenvalue weighted by Crippen LogP contribution is 2.36. The zero-order valence-electron chi connectivity index (χ0n) is 13.7. The molecule has 2 N–H and O–H groups in total. The minimum atomic E-state index is -4.82. The fraction of sp³-hybridized carbons (Fsp3) is 0.375. The Labute approximate surface area is 160 Å². The van der Waals surface area contributed by atoms with Crippen molar-refractivity contribution in [2.45, 2.75) is 24.8 Å². The normalized spacial score (nSPS) is 17.0. The van der Waals surface area contributed by atoms with Crippen LogP contribution >= 0.6 is 23.1 Å². The fourth-order valence-electron chi connectivity index (χ4n) is 2.92. The Bertz CT molecular complexity index is 904. The van der Waals surface area contributed by atoms with Crippen LogP contribution in [-0.4, -0.2) is 39.7 Å². The molecule has 0 spiro atoms. The molecule has 0 bridgehead atoms. The molecule has 1 amide bonds. The smallest absolute Gasteiger partial charge is 0.406 e. The standard InChI is InChI=1S/C16H14ClF3N2O4S/c17-11-12(27-21-13(11)23)14(24)22-6-4-15(25,5-7-22)9-2-1-3-10(8-9)26-16(18,19)20/h1-3,8,25H,4-7H2,(H,21,23). The van der Waals surface area contributed by atoms with Gasteiger partial charge in [-0.25, -0.2) is 0 Å². The van der Waals surface area contributed by atoms with Crippen molar-refractivity contribution in [3.05, 3.63) is 50.1 Å². The number of benzene rings is 1. The van der Waals surface area contributed by atoms with Crippen LogP contribution in [0.5, 0.6) is 5.75 Å². The number of aromatic amines is 1. The predicted molar refractivity (Wildman–Crippen MR) is 92.1 cm³/mol. The number of hydrogen-bond donors (Lipinski definition) is 2. The number of nitrogens with one attached hydrogen (secondary N) is 1. The topological polar surface area (TPSA) is 82.6 Å². The number of nitrogens with zero attached hydrogens (tertiary/aromatic N) is 1. The number of carbonyl (C=O) groups excluding carboxylic acids is 1. The van der Waals surface area contributed by atoms with E-state index in [1.807, 2.05) is 0 Å². The molecule has 0 unspecified atom stereocenters. The van der Waals surface area contributed by atoms with Gasteiger partial charge in [0.15, 0.2) is 0 Å². The van der Waals surface area contributed by atoms with Crippen LogP contribution < -0.4 is 10.3 Å². The molecule has 27 heavy (non-hydrogen) atoms. The summed E-state index contributed by atoms with van der Waals surface area (Å²) in [6.07, 6.45) is -4.59. The van der Waals surface area contributed by atoms with Gasteiger partial charge in [-0.05, 0) is 30.5 Å². The lowest BCUT2D eigenvalue weighted by Gasteiger charge is -2.38. The van der Waals surface area contributed by atoms with Crippen LogP contribution in [-0.2, 0) is 5.60 Å². The average Bonchev–Trinajstić information content (AvgIpc) is 2.93. The van der Waals surface area contributed by atoms with E-state index in [0.717, 1.165) is 23.7 Å². The molecule has 2 heterocycles. The number of likely N-dealkylation sites (tertiary alicyclic amines) is 1. The maximum Gasteiger partial charge on any atom is 0.573 e. The van der Waals surface area contributed by atoms with E-state index < -0.39 is 29.2 Å². The van der Waals surface area contributed by atoms with Crippen molar-refractivity contribution in [2.24, 2.45) is 0 Å². The van der Waals surface area contributed by atoms with Crippen molar-refractivity contribution < 1.29 is 27.8 Å². The van der Waals surface area contributed by atoms with E-state index in [1.54, 1.807) is 0 Å². The number of amides is 1. The Morgan fingerprint density at radius 1 is 1.33 bits per heavy atom. The Hall–Kier alpha value is -2.04. The molecule has 1 aromatic heterocycles. The van der Waals surface area contributed by atoms with Gasteiger partial charge in [0.2, 0.25) is 0 Å². The van der Waals surface area contributed by atoms with Gasteiger partial charge in [0.25, 0.3) is 11.5 Å². The second kappa shape index (κ2) is 7.17. The van der Waals surface area contributed by atoms with Gasteiger partial charge in [-0.15, -0.1) is 13.2 Å². The molecule has 1 aromatic carbocycles. The SMILES string of the molecule is O=C(c1s[nH]c(=O)c1Cl)N1CCC(O)(c2cccc(OC(F)(F)F)c2)CC1. The number of rotatable bonds is 3. The zero-order chi connectivity index (χ0) is 19.8. The van der Waals surface area contributed by atoms with Crippen LogP contribution in [0.1, 0.15) is 28.1 Å². The van der Waals surface area contributed by atoms with Crippen LogP contribution in [0.3, 0.4) is 0 Å². The van der Waals surface area contributed by atoms with E-state index in [1.165, 1.54) is 17.0 Å². The Morgan fingerprint density at radius 3 is 2.56 bits per heavy atom. The minimum Gasteiger partial charge on any atom is -0.406 e. The van der Waals surface area contributed by atoms with Crippen molar-refractivity contribution in [1.29, 1.82) is 0 Å². The first-order valence-corrected chi connectivity index (χ1v) is 9.03. The summed E-state index contributed by atoms with van der Waals surface area (Å²) in [7, 11) is 0. The number of alkyl halides is 3. The van der Waals surface area contributed by atoms with E-state index in [2.05, 4.69) is 9.11 Å². The third-order valence-electron chi connectivity index (χ3n) is 4.32. The van der Waals surface area contributed by atoms with Crippen molar-refractivity contribution in [1.82, 2.24) is 9.27 Å². The summed E-state index contributed by atoms with van der Waals surface area (Å²) in [6, 6.07) is 5.16. The second-order valence-electron chi connectivity index (χ2n) is 6.08. The predicted octanol–water partition coefficient (Wildman–Crippen LogP) is 3.11. The van der Waals surface area contributed by atoms with Crippen molar-refractivity contribution >= 4 is 29.0 Å². The lowest BCUT2D eigenvalue weighted by molar-refractivity contribution is -0.274. The molecule has 0 radical (unpaired) electrons. The zero-order valence-corrected chi connectivity index (χ0v) is 15.2. The third-order valence-corrected chi connectivity index (χ3v) is 5.66. The molecule has 0 atom stereocenters. The minimum absolute atomic E-state index is 0.0904. The first-order valence-electron chi connectivity index (χ1n) is 7.84.